The van der Waals surface area contributed by atoms with Crippen LogP contribution in [-0.2, 0) is 6.42 Å². The van der Waals surface area contributed by atoms with Crippen molar-refractivity contribution in [3.8, 4) is 17.6 Å². The molecule has 17 heavy (non-hydrogen) atoms. The van der Waals surface area contributed by atoms with Crippen LogP contribution >= 0.6 is 11.8 Å². The lowest BCUT2D eigenvalue weighted by molar-refractivity contribution is 0.218. The summed E-state index contributed by atoms with van der Waals surface area (Å²) in [4.78, 5) is 0. The van der Waals surface area contributed by atoms with E-state index in [1.54, 1.807) is 7.11 Å². The predicted molar refractivity (Wildman–Crippen MR) is 68.7 cm³/mol. The van der Waals surface area contributed by atoms with E-state index in [-0.39, 0.29) is 6.10 Å². The maximum atomic E-state index is 8.70. The van der Waals surface area contributed by atoms with E-state index < -0.39 is 0 Å². The first-order valence-electron chi connectivity index (χ1n) is 5.61. The van der Waals surface area contributed by atoms with Crippen LogP contribution in [0.25, 0.3) is 0 Å². The summed E-state index contributed by atoms with van der Waals surface area (Å²) < 4.78 is 11.2. The van der Waals surface area contributed by atoms with Crippen LogP contribution < -0.4 is 9.47 Å². The van der Waals surface area contributed by atoms with Crippen molar-refractivity contribution in [3.05, 3.63) is 23.8 Å². The van der Waals surface area contributed by atoms with Crippen molar-refractivity contribution in [2.45, 2.75) is 18.9 Å². The van der Waals surface area contributed by atoms with E-state index in [1.807, 2.05) is 30.0 Å². The summed E-state index contributed by atoms with van der Waals surface area (Å²) in [7, 11) is 1.63. The lowest BCUT2D eigenvalue weighted by atomic mass is 10.1. The molecule has 0 amide bonds. The van der Waals surface area contributed by atoms with Crippen molar-refractivity contribution < 1.29 is 9.47 Å². The normalized spacial score (nSPS) is 18.7. The molecule has 1 aromatic carbocycles. The molecule has 0 aliphatic carbocycles. The van der Waals surface area contributed by atoms with E-state index in [2.05, 4.69) is 6.07 Å². The molecule has 1 aliphatic rings. The van der Waals surface area contributed by atoms with Gasteiger partial charge >= 0.3 is 0 Å². The van der Waals surface area contributed by atoms with Crippen LogP contribution in [-0.4, -0.2) is 24.7 Å². The molecule has 90 valence electrons. The number of thioether (sulfide) groups is 1. The third-order valence-electron chi connectivity index (χ3n) is 2.69. The van der Waals surface area contributed by atoms with Crippen LogP contribution in [0.1, 0.15) is 12.0 Å². The second-order valence-electron chi connectivity index (χ2n) is 3.92. The minimum atomic E-state index is 0.270. The first-order valence-corrected chi connectivity index (χ1v) is 6.77. The number of hydrogen-bond acceptors (Lipinski definition) is 4. The first-order chi connectivity index (χ1) is 8.33. The molecule has 0 N–H and O–H groups in total. The molecule has 0 bridgehead atoms. The van der Waals surface area contributed by atoms with Crippen LogP contribution in [0.15, 0.2) is 18.2 Å². The molecule has 1 unspecified atom stereocenters. The molecule has 2 rings (SSSR count). The molecule has 1 heterocycles. The molecule has 4 heteroatoms. The van der Waals surface area contributed by atoms with Gasteiger partial charge in [0.1, 0.15) is 6.10 Å². The van der Waals surface area contributed by atoms with Gasteiger partial charge in [0.25, 0.3) is 0 Å². The Balaban J connectivity index is 2.16. The average molecular weight is 249 g/mol. The zero-order chi connectivity index (χ0) is 12.1. The van der Waals surface area contributed by atoms with Crippen LogP contribution in [0.2, 0.25) is 0 Å². The van der Waals surface area contributed by atoms with E-state index in [1.165, 1.54) is 0 Å². The third-order valence-corrected chi connectivity index (χ3v) is 3.82. The number of hydrogen-bond donors (Lipinski definition) is 0. The summed E-state index contributed by atoms with van der Waals surface area (Å²) in [5, 5.41) is 8.70. The van der Waals surface area contributed by atoms with E-state index in [9.17, 15) is 0 Å². The zero-order valence-electron chi connectivity index (χ0n) is 9.81. The Kier molecular flexibility index (Phi) is 4.16. The SMILES string of the molecule is COc1ccc(CC#N)cc1OC1CCSC1. The van der Waals surface area contributed by atoms with Crippen molar-refractivity contribution >= 4 is 11.8 Å². The molecule has 1 aromatic rings. The van der Waals surface area contributed by atoms with E-state index in [4.69, 9.17) is 14.7 Å². The van der Waals surface area contributed by atoms with Crippen molar-refractivity contribution in [1.29, 1.82) is 5.26 Å². The second kappa shape index (κ2) is 5.83. The molecule has 0 spiro atoms. The van der Waals surface area contributed by atoms with Crippen molar-refractivity contribution in [2.24, 2.45) is 0 Å². The Morgan fingerprint density at radius 1 is 1.47 bits per heavy atom. The zero-order valence-corrected chi connectivity index (χ0v) is 10.6. The number of ether oxygens (including phenoxy) is 2. The van der Waals surface area contributed by atoms with Crippen molar-refractivity contribution in [3.63, 3.8) is 0 Å². The highest BCUT2D eigenvalue weighted by molar-refractivity contribution is 7.99. The molecular formula is C13H15NO2S. The van der Waals surface area contributed by atoms with E-state index in [0.29, 0.717) is 6.42 Å². The number of rotatable bonds is 4. The number of nitrogens with zero attached hydrogens (tertiary/aromatic N) is 1. The average Bonchev–Trinajstić information content (AvgIpc) is 2.83. The smallest absolute Gasteiger partial charge is 0.161 e. The first kappa shape index (κ1) is 12.1. The van der Waals surface area contributed by atoms with Crippen LogP contribution in [0, 0.1) is 11.3 Å². The molecule has 0 saturated carbocycles. The lowest BCUT2D eigenvalue weighted by Gasteiger charge is -2.16. The van der Waals surface area contributed by atoms with Gasteiger partial charge < -0.3 is 9.47 Å². The molecule has 1 fully saturated rings. The van der Waals surface area contributed by atoms with Gasteiger partial charge in [-0.1, -0.05) is 6.07 Å². The molecule has 1 atom stereocenters. The quantitative estimate of drug-likeness (QED) is 0.822. The molecule has 3 nitrogen and oxygen atoms in total. The summed E-state index contributed by atoms with van der Waals surface area (Å²) in [6.07, 6.45) is 1.75. The van der Waals surface area contributed by atoms with Gasteiger partial charge in [0.05, 0.1) is 19.6 Å². The van der Waals surface area contributed by atoms with Crippen molar-refractivity contribution in [2.75, 3.05) is 18.6 Å². The topological polar surface area (TPSA) is 42.2 Å². The fourth-order valence-electron chi connectivity index (χ4n) is 1.80. The second-order valence-corrected chi connectivity index (χ2v) is 5.07. The highest BCUT2D eigenvalue weighted by Gasteiger charge is 2.18. The minimum Gasteiger partial charge on any atom is -0.493 e. The van der Waals surface area contributed by atoms with Gasteiger partial charge in [0, 0.05) is 5.75 Å². The summed E-state index contributed by atoms with van der Waals surface area (Å²) in [6, 6.07) is 7.82. The Morgan fingerprint density at radius 3 is 3.00 bits per heavy atom. The summed E-state index contributed by atoms with van der Waals surface area (Å²) in [5.74, 6) is 3.69. The highest BCUT2D eigenvalue weighted by atomic mass is 32.2. The summed E-state index contributed by atoms with van der Waals surface area (Å²) in [5.41, 5.74) is 0.967. The van der Waals surface area contributed by atoms with Crippen molar-refractivity contribution in [1.82, 2.24) is 0 Å². The standard InChI is InChI=1S/C13H15NO2S/c1-15-12-3-2-10(4-6-14)8-13(12)16-11-5-7-17-9-11/h2-3,8,11H,4-5,7,9H2,1H3. The molecular weight excluding hydrogens is 234 g/mol. The fraction of sp³-hybridized carbons (Fsp3) is 0.462. The Hall–Kier alpha value is -1.34. The van der Waals surface area contributed by atoms with Gasteiger partial charge in [-0.2, -0.15) is 17.0 Å². The largest absolute Gasteiger partial charge is 0.493 e. The molecule has 1 saturated heterocycles. The number of benzene rings is 1. The summed E-state index contributed by atoms with van der Waals surface area (Å²) in [6.45, 7) is 0. The Bertz CT molecular complexity index is 422. The van der Waals surface area contributed by atoms with E-state index in [0.717, 1.165) is 35.0 Å². The van der Waals surface area contributed by atoms with Gasteiger partial charge in [0.2, 0.25) is 0 Å². The Morgan fingerprint density at radius 2 is 2.35 bits per heavy atom. The number of methoxy groups -OCH3 is 1. The predicted octanol–water partition coefficient (Wildman–Crippen LogP) is 2.65. The number of nitriles is 1. The van der Waals surface area contributed by atoms with Gasteiger partial charge in [0.15, 0.2) is 11.5 Å². The highest BCUT2D eigenvalue weighted by Crippen LogP contribution is 2.31. The van der Waals surface area contributed by atoms with Crippen LogP contribution in [0.5, 0.6) is 11.5 Å². The van der Waals surface area contributed by atoms with Gasteiger partial charge in [-0.15, -0.1) is 0 Å². The van der Waals surface area contributed by atoms with Gasteiger partial charge in [-0.25, -0.2) is 0 Å². The molecule has 0 radical (unpaired) electrons. The van der Waals surface area contributed by atoms with E-state index >= 15 is 0 Å². The lowest BCUT2D eigenvalue weighted by Crippen LogP contribution is -2.15. The summed E-state index contributed by atoms with van der Waals surface area (Å²) >= 11 is 1.91. The third kappa shape index (κ3) is 3.07. The van der Waals surface area contributed by atoms with Crippen LogP contribution in [0.3, 0.4) is 0 Å². The minimum absolute atomic E-state index is 0.270. The van der Waals surface area contributed by atoms with Gasteiger partial charge in [-0.05, 0) is 29.9 Å². The monoisotopic (exact) mass is 249 g/mol. The maximum absolute atomic E-state index is 8.70. The van der Waals surface area contributed by atoms with Crippen LogP contribution in [0.4, 0.5) is 0 Å². The fourth-order valence-corrected chi connectivity index (χ4v) is 2.89. The maximum Gasteiger partial charge on any atom is 0.161 e. The van der Waals surface area contributed by atoms with Gasteiger partial charge in [-0.3, -0.25) is 0 Å². The molecule has 0 aromatic heterocycles. The molecule has 1 aliphatic heterocycles. The Labute approximate surface area is 106 Å².